The lowest BCUT2D eigenvalue weighted by Gasteiger charge is -2.10. The molecule has 4 nitrogen and oxygen atoms in total. The molecule has 0 aliphatic rings. The van der Waals surface area contributed by atoms with Crippen molar-refractivity contribution in [2.75, 3.05) is 11.8 Å². The van der Waals surface area contributed by atoms with Gasteiger partial charge in [0.05, 0.1) is 17.3 Å². The highest BCUT2D eigenvalue weighted by Gasteiger charge is 2.18. The molecule has 0 amide bonds. The summed E-state index contributed by atoms with van der Waals surface area (Å²) in [7, 11) is -2.46. The largest absolute Gasteiger partial charge is 0.496 e. The van der Waals surface area contributed by atoms with Crippen LogP contribution in [-0.2, 0) is 10.0 Å². The molecule has 0 aliphatic heterocycles. The molecular weight excluding hydrogens is 349 g/mol. The molecule has 2 rings (SSSR count). The van der Waals surface area contributed by atoms with Crippen molar-refractivity contribution in [3.8, 4) is 5.75 Å². The second-order valence-corrected chi connectivity index (χ2v) is 6.39. The van der Waals surface area contributed by atoms with Gasteiger partial charge in [-0.25, -0.2) is 12.8 Å². The van der Waals surface area contributed by atoms with Crippen LogP contribution >= 0.6 is 15.9 Å². The lowest BCUT2D eigenvalue weighted by atomic mass is 10.3. The Morgan fingerprint density at radius 1 is 1.20 bits per heavy atom. The van der Waals surface area contributed by atoms with E-state index in [-0.39, 0.29) is 0 Å². The van der Waals surface area contributed by atoms with Gasteiger partial charge in [-0.2, -0.15) is 0 Å². The van der Waals surface area contributed by atoms with Crippen LogP contribution in [0.3, 0.4) is 0 Å². The molecule has 1 N–H and O–H groups in total. The van der Waals surface area contributed by atoms with E-state index < -0.39 is 20.7 Å². The number of sulfonamides is 1. The average molecular weight is 360 g/mol. The van der Waals surface area contributed by atoms with E-state index in [2.05, 4.69) is 20.7 Å². The zero-order valence-corrected chi connectivity index (χ0v) is 12.8. The van der Waals surface area contributed by atoms with Crippen molar-refractivity contribution in [1.29, 1.82) is 0 Å². The molecule has 2 aromatic rings. The van der Waals surface area contributed by atoms with Gasteiger partial charge >= 0.3 is 0 Å². The maximum absolute atomic E-state index is 13.5. The third-order valence-corrected chi connectivity index (χ3v) is 4.56. The van der Waals surface area contributed by atoms with E-state index in [1.54, 1.807) is 6.07 Å². The predicted octanol–water partition coefficient (Wildman–Crippen LogP) is 3.40. The van der Waals surface area contributed by atoms with E-state index in [9.17, 15) is 12.8 Å². The molecule has 0 saturated heterocycles. The van der Waals surface area contributed by atoms with Crippen molar-refractivity contribution in [2.45, 2.75) is 4.90 Å². The van der Waals surface area contributed by atoms with Crippen LogP contribution in [0.4, 0.5) is 10.1 Å². The van der Waals surface area contributed by atoms with Crippen LogP contribution in [0.5, 0.6) is 5.75 Å². The van der Waals surface area contributed by atoms with E-state index in [4.69, 9.17) is 4.74 Å². The van der Waals surface area contributed by atoms with Crippen LogP contribution in [0.25, 0.3) is 0 Å². The Kier molecular flexibility index (Phi) is 4.29. The van der Waals surface area contributed by atoms with E-state index >= 15 is 0 Å². The summed E-state index contributed by atoms with van der Waals surface area (Å²) >= 11 is 3.25. The lowest BCUT2D eigenvalue weighted by molar-refractivity contribution is 0.412. The second-order valence-electron chi connectivity index (χ2n) is 3.89. The SMILES string of the molecule is COc1ccc(NS(=O)(=O)c2ccccc2F)cc1Br. The van der Waals surface area contributed by atoms with Gasteiger partial charge in [-0.15, -0.1) is 0 Å². The second kappa shape index (κ2) is 5.80. The quantitative estimate of drug-likeness (QED) is 0.909. The summed E-state index contributed by atoms with van der Waals surface area (Å²) in [6.45, 7) is 0. The molecule has 0 bridgehead atoms. The fourth-order valence-corrected chi connectivity index (χ4v) is 3.27. The maximum atomic E-state index is 13.5. The molecule has 106 valence electrons. The highest BCUT2D eigenvalue weighted by Crippen LogP contribution is 2.29. The van der Waals surface area contributed by atoms with Gasteiger partial charge in [-0.3, -0.25) is 4.72 Å². The highest BCUT2D eigenvalue weighted by atomic mass is 79.9. The summed E-state index contributed by atoms with van der Waals surface area (Å²) in [5, 5.41) is 0. The molecule has 0 fully saturated rings. The maximum Gasteiger partial charge on any atom is 0.264 e. The van der Waals surface area contributed by atoms with Crippen LogP contribution in [0.1, 0.15) is 0 Å². The molecule has 20 heavy (non-hydrogen) atoms. The van der Waals surface area contributed by atoms with Gasteiger partial charge in [-0.1, -0.05) is 12.1 Å². The summed E-state index contributed by atoms with van der Waals surface area (Å²) in [5.41, 5.74) is 0.306. The molecule has 0 radical (unpaired) electrons. The molecule has 0 saturated carbocycles. The number of benzene rings is 2. The van der Waals surface area contributed by atoms with Gasteiger partial charge in [0.2, 0.25) is 0 Å². The third-order valence-electron chi connectivity index (χ3n) is 2.53. The van der Waals surface area contributed by atoms with Crippen LogP contribution in [0.2, 0.25) is 0 Å². The van der Waals surface area contributed by atoms with Crippen molar-refractivity contribution in [1.82, 2.24) is 0 Å². The Morgan fingerprint density at radius 2 is 1.90 bits per heavy atom. The lowest BCUT2D eigenvalue weighted by Crippen LogP contribution is -2.14. The first-order valence-electron chi connectivity index (χ1n) is 5.55. The molecule has 7 heteroatoms. The van der Waals surface area contributed by atoms with Crippen molar-refractivity contribution >= 4 is 31.6 Å². The Labute approximate surface area is 124 Å². The molecular formula is C13H11BrFNO3S. The van der Waals surface area contributed by atoms with Crippen LogP contribution in [-0.4, -0.2) is 15.5 Å². The fraction of sp³-hybridized carbons (Fsp3) is 0.0769. The number of rotatable bonds is 4. The summed E-state index contributed by atoms with van der Waals surface area (Å²) in [5.74, 6) is -0.230. The van der Waals surface area contributed by atoms with E-state index in [0.717, 1.165) is 6.07 Å². The summed E-state index contributed by atoms with van der Waals surface area (Å²) in [6, 6.07) is 9.86. The van der Waals surface area contributed by atoms with Crippen molar-refractivity contribution < 1.29 is 17.5 Å². The minimum absolute atomic E-state index is 0.306. The Bertz CT molecular complexity index is 734. The molecule has 0 unspecified atom stereocenters. The highest BCUT2D eigenvalue weighted by molar-refractivity contribution is 9.10. The van der Waals surface area contributed by atoms with Gasteiger partial charge in [0.15, 0.2) is 0 Å². The van der Waals surface area contributed by atoms with Gasteiger partial charge < -0.3 is 4.74 Å². The van der Waals surface area contributed by atoms with Crippen molar-refractivity contribution in [3.63, 3.8) is 0 Å². The number of halogens is 2. The number of nitrogens with one attached hydrogen (secondary N) is 1. The van der Waals surface area contributed by atoms with Gasteiger partial charge in [0, 0.05) is 0 Å². The van der Waals surface area contributed by atoms with Crippen LogP contribution < -0.4 is 9.46 Å². The standard InChI is InChI=1S/C13H11BrFNO3S/c1-19-12-7-6-9(8-10(12)14)16-20(17,18)13-5-3-2-4-11(13)15/h2-8,16H,1H3. The normalized spacial score (nSPS) is 11.2. The summed E-state index contributed by atoms with van der Waals surface area (Å²) in [4.78, 5) is -0.396. The number of anilines is 1. The first-order valence-corrected chi connectivity index (χ1v) is 7.82. The summed E-state index contributed by atoms with van der Waals surface area (Å²) in [6.07, 6.45) is 0. The summed E-state index contributed by atoms with van der Waals surface area (Å²) < 4.78 is 45.7. The first-order chi connectivity index (χ1) is 9.44. The fourth-order valence-electron chi connectivity index (χ4n) is 1.60. The Balaban J connectivity index is 2.34. The smallest absolute Gasteiger partial charge is 0.264 e. The van der Waals surface area contributed by atoms with E-state index in [1.165, 1.54) is 37.4 Å². The third kappa shape index (κ3) is 3.10. The number of methoxy groups -OCH3 is 1. The molecule has 0 aromatic heterocycles. The van der Waals surface area contributed by atoms with Crippen molar-refractivity contribution in [2.24, 2.45) is 0 Å². The number of hydrogen-bond donors (Lipinski definition) is 1. The van der Waals surface area contributed by atoms with E-state index in [0.29, 0.717) is 15.9 Å². The molecule has 0 spiro atoms. The van der Waals surface area contributed by atoms with Gasteiger partial charge in [0.25, 0.3) is 10.0 Å². The first kappa shape index (κ1) is 14.8. The number of hydrogen-bond acceptors (Lipinski definition) is 3. The van der Waals surface area contributed by atoms with Crippen molar-refractivity contribution in [3.05, 3.63) is 52.8 Å². The predicted molar refractivity (Wildman–Crippen MR) is 77.9 cm³/mol. The average Bonchev–Trinajstić information content (AvgIpc) is 2.38. The molecule has 0 aliphatic carbocycles. The van der Waals surface area contributed by atoms with Crippen LogP contribution in [0, 0.1) is 5.82 Å². The minimum Gasteiger partial charge on any atom is -0.496 e. The van der Waals surface area contributed by atoms with Gasteiger partial charge in [-0.05, 0) is 46.3 Å². The van der Waals surface area contributed by atoms with E-state index in [1.807, 2.05) is 0 Å². The topological polar surface area (TPSA) is 55.4 Å². The molecule has 0 heterocycles. The number of ether oxygens (including phenoxy) is 1. The van der Waals surface area contributed by atoms with Gasteiger partial charge in [0.1, 0.15) is 16.5 Å². The Morgan fingerprint density at radius 3 is 2.50 bits per heavy atom. The van der Waals surface area contributed by atoms with Crippen LogP contribution in [0.15, 0.2) is 51.8 Å². The Hall–Kier alpha value is -1.60. The monoisotopic (exact) mass is 359 g/mol. The zero-order valence-electron chi connectivity index (χ0n) is 10.4. The zero-order chi connectivity index (χ0) is 14.8. The molecule has 2 aromatic carbocycles. The molecule has 0 atom stereocenters. The minimum atomic E-state index is -3.97.